The second-order valence-corrected chi connectivity index (χ2v) is 4.08. The van der Waals surface area contributed by atoms with Gasteiger partial charge in [-0.05, 0) is 12.0 Å². The minimum absolute atomic E-state index is 0.233. The molecule has 0 aliphatic heterocycles. The number of carboxylic acid groups (broad SMARTS) is 1. The van der Waals surface area contributed by atoms with E-state index in [9.17, 15) is 4.79 Å². The van der Waals surface area contributed by atoms with Gasteiger partial charge in [0, 0.05) is 11.8 Å². The Morgan fingerprint density at radius 1 is 1.33 bits per heavy atom. The predicted molar refractivity (Wildman–Crippen MR) is 61.8 cm³/mol. The number of benzene rings is 1. The number of aliphatic carboxylic acids is 1. The molecule has 0 aromatic heterocycles. The maximum Gasteiger partial charge on any atom is 0.322 e. The third-order valence-electron chi connectivity index (χ3n) is 2.24. The van der Waals surface area contributed by atoms with Crippen molar-refractivity contribution in [3.8, 4) is 0 Å². The summed E-state index contributed by atoms with van der Waals surface area (Å²) >= 11 is 11.5. The molecule has 1 rings (SSSR count). The van der Waals surface area contributed by atoms with Crippen molar-refractivity contribution < 1.29 is 9.90 Å². The average molecular weight is 247 g/mol. The van der Waals surface area contributed by atoms with Gasteiger partial charge in [-0.2, -0.15) is 0 Å². The summed E-state index contributed by atoms with van der Waals surface area (Å²) in [6.45, 7) is 0. The maximum absolute atomic E-state index is 10.8. The first kappa shape index (κ1) is 12.3. The Balaban J connectivity index is 2.87. The van der Waals surface area contributed by atoms with Crippen molar-refractivity contribution in [2.45, 2.75) is 17.7 Å². The van der Waals surface area contributed by atoms with E-state index in [1.54, 1.807) is 0 Å². The van der Waals surface area contributed by atoms with Gasteiger partial charge in [-0.1, -0.05) is 30.3 Å². The van der Waals surface area contributed by atoms with E-state index in [0.29, 0.717) is 12.3 Å². The van der Waals surface area contributed by atoms with E-state index in [4.69, 9.17) is 28.3 Å². The third kappa shape index (κ3) is 3.40. The van der Waals surface area contributed by atoms with Gasteiger partial charge in [-0.3, -0.25) is 4.79 Å². The van der Waals surface area contributed by atoms with Gasteiger partial charge < -0.3 is 5.11 Å². The van der Waals surface area contributed by atoms with Crippen LogP contribution in [0, 0.1) is 0 Å². The monoisotopic (exact) mass is 246 g/mol. The van der Waals surface area contributed by atoms with E-state index in [0.717, 1.165) is 5.56 Å². The minimum Gasteiger partial charge on any atom is -0.480 e. The van der Waals surface area contributed by atoms with Crippen LogP contribution in [0.25, 0.3) is 0 Å². The summed E-state index contributed by atoms with van der Waals surface area (Å²) in [5.41, 5.74) is 0.917. The van der Waals surface area contributed by atoms with Crippen molar-refractivity contribution >= 4 is 29.2 Å². The van der Waals surface area contributed by atoms with Crippen molar-refractivity contribution in [1.29, 1.82) is 0 Å². The van der Waals surface area contributed by atoms with E-state index in [2.05, 4.69) is 0 Å². The van der Waals surface area contributed by atoms with E-state index < -0.39 is 11.3 Å². The number of carbonyl (C=O) groups is 1. The molecular formula is C11H12Cl2O2. The molecule has 0 radical (unpaired) electrons. The highest BCUT2D eigenvalue weighted by atomic mass is 35.5. The normalized spacial score (nSPS) is 14.5. The zero-order valence-electron chi connectivity index (χ0n) is 8.07. The highest BCUT2D eigenvalue weighted by Crippen LogP contribution is 2.27. The molecule has 0 fully saturated rings. The van der Waals surface area contributed by atoms with Crippen LogP contribution in [0.1, 0.15) is 17.9 Å². The zero-order chi connectivity index (χ0) is 11.3. The molecule has 1 N–H and O–H groups in total. The molecule has 2 atom stereocenters. The lowest BCUT2D eigenvalue weighted by atomic mass is 9.93. The molecule has 15 heavy (non-hydrogen) atoms. The molecule has 0 bridgehead atoms. The van der Waals surface area contributed by atoms with Gasteiger partial charge in [0.15, 0.2) is 0 Å². The van der Waals surface area contributed by atoms with Crippen LogP contribution in [-0.4, -0.2) is 22.3 Å². The summed E-state index contributed by atoms with van der Waals surface area (Å²) in [6, 6.07) is 9.35. The lowest BCUT2D eigenvalue weighted by molar-refractivity contribution is -0.137. The molecule has 0 saturated heterocycles. The van der Waals surface area contributed by atoms with Crippen molar-refractivity contribution in [2.24, 2.45) is 0 Å². The summed E-state index contributed by atoms with van der Waals surface area (Å²) in [7, 11) is 0. The number of alkyl halides is 2. The van der Waals surface area contributed by atoms with E-state index in [1.807, 2.05) is 30.3 Å². The molecule has 0 aliphatic carbocycles. The Morgan fingerprint density at radius 3 is 2.40 bits per heavy atom. The van der Waals surface area contributed by atoms with Gasteiger partial charge in [0.25, 0.3) is 0 Å². The summed E-state index contributed by atoms with van der Waals surface area (Å²) in [6.07, 6.45) is 0.562. The number of carboxylic acids is 1. The quantitative estimate of drug-likeness (QED) is 0.812. The molecule has 2 nitrogen and oxygen atoms in total. The van der Waals surface area contributed by atoms with Gasteiger partial charge >= 0.3 is 5.97 Å². The molecule has 1 aromatic carbocycles. The Kier molecular flexibility index (Phi) is 4.92. The molecule has 82 valence electrons. The topological polar surface area (TPSA) is 37.3 Å². The second kappa shape index (κ2) is 5.99. The van der Waals surface area contributed by atoms with Crippen LogP contribution in [0.15, 0.2) is 30.3 Å². The molecular weight excluding hydrogens is 235 g/mol. The highest BCUT2D eigenvalue weighted by molar-refractivity contribution is 6.30. The number of hydrogen-bond acceptors (Lipinski definition) is 1. The van der Waals surface area contributed by atoms with Gasteiger partial charge in [0.1, 0.15) is 5.38 Å². The van der Waals surface area contributed by atoms with Crippen LogP contribution in [0.4, 0.5) is 0 Å². The minimum atomic E-state index is -1.00. The van der Waals surface area contributed by atoms with Crippen LogP contribution in [-0.2, 0) is 4.79 Å². The Labute approximate surface area is 98.8 Å². The second-order valence-electron chi connectivity index (χ2n) is 3.23. The average Bonchev–Trinajstić information content (AvgIpc) is 2.26. The van der Waals surface area contributed by atoms with Gasteiger partial charge in [-0.15, -0.1) is 23.2 Å². The Hall–Kier alpha value is -0.730. The molecule has 0 heterocycles. The lowest BCUT2D eigenvalue weighted by Gasteiger charge is -2.18. The fourth-order valence-electron chi connectivity index (χ4n) is 1.47. The Morgan fingerprint density at radius 2 is 1.93 bits per heavy atom. The van der Waals surface area contributed by atoms with Gasteiger partial charge in [-0.25, -0.2) is 0 Å². The summed E-state index contributed by atoms with van der Waals surface area (Å²) in [5.74, 6) is -0.839. The SMILES string of the molecule is O=C(O)[C@@H](Cl)C(CCCl)c1ccccc1. The number of hydrogen-bond donors (Lipinski definition) is 1. The Bertz CT molecular complexity index is 314. The summed E-state index contributed by atoms with van der Waals surface area (Å²) < 4.78 is 0. The van der Waals surface area contributed by atoms with Gasteiger partial charge in [0.2, 0.25) is 0 Å². The van der Waals surface area contributed by atoms with Crippen LogP contribution in [0.3, 0.4) is 0 Å². The highest BCUT2D eigenvalue weighted by Gasteiger charge is 2.26. The van der Waals surface area contributed by atoms with Gasteiger partial charge in [0.05, 0.1) is 0 Å². The van der Waals surface area contributed by atoms with E-state index >= 15 is 0 Å². The predicted octanol–water partition coefficient (Wildman–Crippen LogP) is 3.09. The van der Waals surface area contributed by atoms with Crippen molar-refractivity contribution in [3.05, 3.63) is 35.9 Å². The van der Waals surface area contributed by atoms with E-state index in [-0.39, 0.29) is 5.92 Å². The number of halogens is 2. The van der Waals surface area contributed by atoms with Crippen LogP contribution >= 0.6 is 23.2 Å². The van der Waals surface area contributed by atoms with E-state index in [1.165, 1.54) is 0 Å². The van der Waals surface area contributed by atoms with Crippen molar-refractivity contribution in [2.75, 3.05) is 5.88 Å². The van der Waals surface area contributed by atoms with Crippen LogP contribution < -0.4 is 0 Å². The maximum atomic E-state index is 10.8. The summed E-state index contributed by atoms with van der Waals surface area (Å²) in [4.78, 5) is 10.8. The molecule has 0 amide bonds. The molecule has 0 spiro atoms. The smallest absolute Gasteiger partial charge is 0.322 e. The molecule has 0 saturated carbocycles. The zero-order valence-corrected chi connectivity index (χ0v) is 9.58. The molecule has 4 heteroatoms. The fourth-order valence-corrected chi connectivity index (χ4v) is 1.98. The lowest BCUT2D eigenvalue weighted by Crippen LogP contribution is -2.22. The molecule has 0 aliphatic rings. The largest absolute Gasteiger partial charge is 0.480 e. The molecule has 1 unspecified atom stereocenters. The van der Waals surface area contributed by atoms with Crippen LogP contribution in [0.2, 0.25) is 0 Å². The first-order chi connectivity index (χ1) is 7.16. The third-order valence-corrected chi connectivity index (χ3v) is 2.95. The first-order valence-corrected chi connectivity index (χ1v) is 5.61. The standard InChI is InChI=1S/C11H12Cl2O2/c12-7-6-9(10(13)11(14)15)8-4-2-1-3-5-8/h1-5,9-10H,6-7H2,(H,14,15)/t9?,10-/m0/s1. The van der Waals surface area contributed by atoms with Crippen LogP contribution in [0.5, 0.6) is 0 Å². The number of rotatable bonds is 5. The van der Waals surface area contributed by atoms with Crippen molar-refractivity contribution in [1.82, 2.24) is 0 Å². The summed E-state index contributed by atoms with van der Waals surface area (Å²) in [5, 5.41) is 7.94. The molecule has 1 aromatic rings. The fraction of sp³-hybridized carbons (Fsp3) is 0.364. The van der Waals surface area contributed by atoms with Crippen molar-refractivity contribution in [3.63, 3.8) is 0 Å². The first-order valence-electron chi connectivity index (χ1n) is 4.64.